The summed E-state index contributed by atoms with van der Waals surface area (Å²) in [5.74, 6) is 0. The fourth-order valence-electron chi connectivity index (χ4n) is 3.24. The molecule has 2 aromatic heterocycles. The number of para-hydroxylation sites is 1. The van der Waals surface area contributed by atoms with E-state index in [4.69, 9.17) is 12.2 Å². The molecule has 24 heavy (non-hydrogen) atoms. The summed E-state index contributed by atoms with van der Waals surface area (Å²) >= 11 is 5.66. The van der Waals surface area contributed by atoms with Gasteiger partial charge in [0.15, 0.2) is 5.11 Å². The zero-order chi connectivity index (χ0) is 16.5. The maximum Gasteiger partial charge on any atom is 0.174 e. The molecule has 0 amide bonds. The molecule has 0 spiro atoms. The largest absolute Gasteiger partial charge is 0.361 e. The first-order valence-electron chi connectivity index (χ1n) is 7.95. The Bertz CT molecular complexity index is 844. The van der Waals surface area contributed by atoms with Crippen LogP contribution in [-0.4, -0.2) is 15.1 Å². The molecule has 1 aliphatic rings. The fourth-order valence-corrected chi connectivity index (χ4v) is 3.58. The van der Waals surface area contributed by atoms with Gasteiger partial charge in [0.25, 0.3) is 0 Å². The second-order valence-corrected chi connectivity index (χ2v) is 6.32. The Morgan fingerprint density at radius 1 is 1.00 bits per heavy atom. The summed E-state index contributed by atoms with van der Waals surface area (Å²) in [5, 5.41) is 4.17. The van der Waals surface area contributed by atoms with Gasteiger partial charge in [-0.05, 0) is 55.5 Å². The molecule has 3 aromatic rings. The van der Waals surface area contributed by atoms with Gasteiger partial charge in [0.1, 0.15) is 6.04 Å². The van der Waals surface area contributed by atoms with Crippen molar-refractivity contribution in [3.05, 3.63) is 83.9 Å². The van der Waals surface area contributed by atoms with Crippen LogP contribution in [0.4, 0.5) is 5.69 Å². The monoisotopic (exact) mass is 334 g/mol. The lowest BCUT2D eigenvalue weighted by Gasteiger charge is -2.27. The number of hydrogen-bond donors (Lipinski definition) is 2. The molecule has 1 aliphatic heterocycles. The summed E-state index contributed by atoms with van der Waals surface area (Å²) in [4.78, 5) is 10.2. The second-order valence-electron chi connectivity index (χ2n) is 5.93. The number of H-pyrrole nitrogens is 1. The zero-order valence-electron chi connectivity index (χ0n) is 13.3. The van der Waals surface area contributed by atoms with Crippen molar-refractivity contribution in [2.24, 2.45) is 0 Å². The molecule has 120 valence electrons. The molecular weight excluding hydrogens is 316 g/mol. The summed E-state index contributed by atoms with van der Waals surface area (Å²) in [6.45, 7) is 2.06. The fraction of sp³-hybridized carbons (Fsp3) is 0.158. The molecule has 2 atom stereocenters. The first-order chi connectivity index (χ1) is 11.7. The lowest BCUT2D eigenvalue weighted by atomic mass is 10.0. The highest BCUT2D eigenvalue weighted by molar-refractivity contribution is 7.80. The standard InChI is InChI=1S/C19H18N4S/c1-13-10-11-16(21-13)18-17(15-9-5-6-12-20-15)22-19(24)23(18)14-7-3-2-4-8-14/h2-12,17-18,21H,1H3,(H,22,24)/t17-,18-/m1/s1. The van der Waals surface area contributed by atoms with E-state index in [1.165, 1.54) is 0 Å². The quantitative estimate of drug-likeness (QED) is 0.713. The summed E-state index contributed by atoms with van der Waals surface area (Å²) in [5.41, 5.74) is 4.32. The van der Waals surface area contributed by atoms with Gasteiger partial charge in [0.2, 0.25) is 0 Å². The highest BCUT2D eigenvalue weighted by Crippen LogP contribution is 2.40. The van der Waals surface area contributed by atoms with E-state index >= 15 is 0 Å². The number of nitrogens with zero attached hydrogens (tertiary/aromatic N) is 2. The third kappa shape index (κ3) is 2.57. The van der Waals surface area contributed by atoms with Crippen LogP contribution in [0.25, 0.3) is 0 Å². The van der Waals surface area contributed by atoms with Crippen LogP contribution in [0.3, 0.4) is 0 Å². The molecule has 1 aromatic carbocycles. The van der Waals surface area contributed by atoms with Gasteiger partial charge >= 0.3 is 0 Å². The van der Waals surface area contributed by atoms with Gasteiger partial charge in [-0.3, -0.25) is 4.98 Å². The van der Waals surface area contributed by atoms with Gasteiger partial charge in [-0.2, -0.15) is 0 Å². The van der Waals surface area contributed by atoms with Gasteiger partial charge in [0.05, 0.1) is 11.7 Å². The SMILES string of the molecule is Cc1ccc([C@@H]2[C@@H](c3ccccn3)NC(=S)N2c2ccccc2)[nH]1. The minimum atomic E-state index is -0.00282. The molecular formula is C19H18N4S. The predicted octanol–water partition coefficient (Wildman–Crippen LogP) is 3.90. The molecule has 5 heteroatoms. The van der Waals surface area contributed by atoms with E-state index in [1.807, 2.05) is 42.6 Å². The van der Waals surface area contributed by atoms with Gasteiger partial charge < -0.3 is 15.2 Å². The average molecular weight is 334 g/mol. The molecule has 0 bridgehead atoms. The maximum atomic E-state index is 5.66. The number of nitrogens with one attached hydrogen (secondary N) is 2. The lowest BCUT2D eigenvalue weighted by molar-refractivity contribution is 0.558. The van der Waals surface area contributed by atoms with Crippen molar-refractivity contribution in [1.29, 1.82) is 0 Å². The smallest absolute Gasteiger partial charge is 0.174 e. The Morgan fingerprint density at radius 3 is 2.46 bits per heavy atom. The van der Waals surface area contributed by atoms with E-state index in [1.54, 1.807) is 0 Å². The van der Waals surface area contributed by atoms with Gasteiger partial charge in [-0.15, -0.1) is 0 Å². The van der Waals surface area contributed by atoms with Crippen molar-refractivity contribution in [3.8, 4) is 0 Å². The Labute approximate surface area is 146 Å². The minimum Gasteiger partial charge on any atom is -0.361 e. The van der Waals surface area contributed by atoms with Crippen LogP contribution >= 0.6 is 12.2 Å². The topological polar surface area (TPSA) is 44.0 Å². The summed E-state index contributed by atoms with van der Waals surface area (Å²) in [6, 6.07) is 20.5. The molecule has 3 heterocycles. The Hall–Kier alpha value is -2.66. The normalized spacial score (nSPS) is 20.2. The predicted molar refractivity (Wildman–Crippen MR) is 99.9 cm³/mol. The van der Waals surface area contributed by atoms with E-state index < -0.39 is 0 Å². The Morgan fingerprint density at radius 2 is 1.79 bits per heavy atom. The van der Waals surface area contributed by atoms with Crippen LogP contribution < -0.4 is 10.2 Å². The van der Waals surface area contributed by atoms with Crippen molar-refractivity contribution in [2.75, 3.05) is 4.90 Å². The number of rotatable bonds is 3. The van der Waals surface area contributed by atoms with E-state index in [-0.39, 0.29) is 12.1 Å². The summed E-state index contributed by atoms with van der Waals surface area (Å²) in [7, 11) is 0. The molecule has 4 nitrogen and oxygen atoms in total. The molecule has 2 N–H and O–H groups in total. The van der Waals surface area contributed by atoms with Crippen molar-refractivity contribution in [1.82, 2.24) is 15.3 Å². The van der Waals surface area contributed by atoms with Crippen molar-refractivity contribution in [2.45, 2.75) is 19.0 Å². The molecule has 0 radical (unpaired) electrons. The van der Waals surface area contributed by atoms with Crippen molar-refractivity contribution < 1.29 is 0 Å². The number of anilines is 1. The molecule has 0 aliphatic carbocycles. The van der Waals surface area contributed by atoms with Crippen molar-refractivity contribution >= 4 is 23.0 Å². The van der Waals surface area contributed by atoms with E-state index in [2.05, 4.69) is 51.4 Å². The Balaban J connectivity index is 1.82. The summed E-state index contributed by atoms with van der Waals surface area (Å²) in [6.07, 6.45) is 1.82. The number of pyridine rings is 1. The second kappa shape index (κ2) is 6.09. The van der Waals surface area contributed by atoms with Crippen LogP contribution in [0, 0.1) is 6.92 Å². The van der Waals surface area contributed by atoms with E-state index in [0.29, 0.717) is 5.11 Å². The average Bonchev–Trinajstić information content (AvgIpc) is 3.19. The van der Waals surface area contributed by atoms with E-state index in [0.717, 1.165) is 22.8 Å². The number of aromatic nitrogens is 2. The number of benzene rings is 1. The minimum absolute atomic E-state index is 0.00282. The van der Waals surface area contributed by atoms with Gasteiger partial charge in [-0.1, -0.05) is 24.3 Å². The van der Waals surface area contributed by atoms with Crippen molar-refractivity contribution in [3.63, 3.8) is 0 Å². The first kappa shape index (κ1) is 14.9. The number of thiocarbonyl (C=S) groups is 1. The Kier molecular flexibility index (Phi) is 3.78. The first-order valence-corrected chi connectivity index (χ1v) is 8.36. The molecule has 0 saturated carbocycles. The molecule has 0 unspecified atom stereocenters. The third-order valence-corrected chi connectivity index (χ3v) is 4.62. The third-order valence-electron chi connectivity index (χ3n) is 4.31. The van der Waals surface area contributed by atoms with Crippen LogP contribution in [0.2, 0.25) is 0 Å². The zero-order valence-corrected chi connectivity index (χ0v) is 14.1. The highest BCUT2D eigenvalue weighted by atomic mass is 32.1. The number of aromatic amines is 1. The molecule has 4 rings (SSSR count). The van der Waals surface area contributed by atoms with Crippen LogP contribution in [0.15, 0.2) is 66.9 Å². The highest BCUT2D eigenvalue weighted by Gasteiger charge is 2.41. The van der Waals surface area contributed by atoms with Gasteiger partial charge in [0, 0.05) is 23.3 Å². The summed E-state index contributed by atoms with van der Waals surface area (Å²) < 4.78 is 0. The molecule has 1 fully saturated rings. The van der Waals surface area contributed by atoms with Crippen LogP contribution in [-0.2, 0) is 0 Å². The maximum absolute atomic E-state index is 5.66. The van der Waals surface area contributed by atoms with Gasteiger partial charge in [-0.25, -0.2) is 0 Å². The van der Waals surface area contributed by atoms with Crippen LogP contribution in [0.5, 0.6) is 0 Å². The van der Waals surface area contributed by atoms with E-state index in [9.17, 15) is 0 Å². The molecule has 1 saturated heterocycles. The number of aryl methyl sites for hydroxylation is 1. The number of hydrogen-bond acceptors (Lipinski definition) is 2. The van der Waals surface area contributed by atoms with Crippen LogP contribution in [0.1, 0.15) is 29.2 Å². The lowest BCUT2D eigenvalue weighted by Crippen LogP contribution is -2.29.